The number of ether oxygens (including phenoxy) is 1. The molecule has 2 unspecified atom stereocenters. The lowest BCUT2D eigenvalue weighted by atomic mass is 10.1. The van der Waals surface area contributed by atoms with Crippen LogP contribution in [0.3, 0.4) is 0 Å². The molecule has 0 saturated carbocycles. The van der Waals surface area contributed by atoms with Gasteiger partial charge in [0.25, 0.3) is 0 Å². The molecule has 0 spiro atoms. The lowest BCUT2D eigenvalue weighted by molar-refractivity contribution is -0.149. The van der Waals surface area contributed by atoms with Gasteiger partial charge in [-0.25, -0.2) is 4.79 Å². The summed E-state index contributed by atoms with van der Waals surface area (Å²) >= 11 is 0. The van der Waals surface area contributed by atoms with Crippen LogP contribution in [0.5, 0.6) is 0 Å². The fourth-order valence-corrected chi connectivity index (χ4v) is 1.83. The molecule has 1 aliphatic rings. The third kappa shape index (κ3) is 4.32. The maximum absolute atomic E-state index is 11.5. The lowest BCUT2D eigenvalue weighted by Crippen LogP contribution is -2.43. The highest BCUT2D eigenvalue weighted by Gasteiger charge is 2.30. The summed E-state index contributed by atoms with van der Waals surface area (Å²) in [5, 5.41) is 11.4. The first-order chi connectivity index (χ1) is 8.04. The number of nitrogens with two attached hydrogens (primary N) is 1. The van der Waals surface area contributed by atoms with Crippen LogP contribution in [0.4, 0.5) is 0 Å². The van der Waals surface area contributed by atoms with Gasteiger partial charge in [-0.3, -0.25) is 4.79 Å². The highest BCUT2D eigenvalue weighted by Crippen LogP contribution is 2.19. The van der Waals surface area contributed by atoms with Gasteiger partial charge in [-0.2, -0.15) is 0 Å². The molecule has 1 saturated heterocycles. The highest BCUT2D eigenvalue weighted by molar-refractivity contribution is 5.81. The molecular formula is C11H20N2O4. The highest BCUT2D eigenvalue weighted by atomic mass is 16.5. The van der Waals surface area contributed by atoms with Crippen LogP contribution in [0.25, 0.3) is 0 Å². The Morgan fingerprint density at radius 1 is 1.53 bits per heavy atom. The number of rotatable bonds is 6. The van der Waals surface area contributed by atoms with Crippen molar-refractivity contribution in [1.82, 2.24) is 5.32 Å². The smallest absolute Gasteiger partial charge is 0.332 e. The summed E-state index contributed by atoms with van der Waals surface area (Å²) in [6.45, 7) is 2.30. The van der Waals surface area contributed by atoms with Crippen LogP contribution in [0.1, 0.15) is 32.6 Å². The van der Waals surface area contributed by atoms with Gasteiger partial charge in [-0.05, 0) is 19.3 Å². The number of aliphatic carboxylic acids is 1. The SMILES string of the molecule is CCC[C@H](N)C(=O)NCC1CCC(C(=O)O)O1. The van der Waals surface area contributed by atoms with E-state index in [0.29, 0.717) is 25.8 Å². The van der Waals surface area contributed by atoms with Crippen LogP contribution in [-0.4, -0.2) is 41.8 Å². The van der Waals surface area contributed by atoms with E-state index in [1.165, 1.54) is 0 Å². The van der Waals surface area contributed by atoms with Gasteiger partial charge in [0.2, 0.25) is 5.91 Å². The van der Waals surface area contributed by atoms with Crippen LogP contribution in [0.2, 0.25) is 0 Å². The van der Waals surface area contributed by atoms with Crippen molar-refractivity contribution in [1.29, 1.82) is 0 Å². The van der Waals surface area contributed by atoms with Crippen molar-refractivity contribution < 1.29 is 19.4 Å². The van der Waals surface area contributed by atoms with Crippen LogP contribution in [0.15, 0.2) is 0 Å². The number of carboxylic acids is 1. The summed E-state index contributed by atoms with van der Waals surface area (Å²) in [5.74, 6) is -1.14. The first kappa shape index (κ1) is 13.9. The molecular weight excluding hydrogens is 224 g/mol. The van der Waals surface area contributed by atoms with Crippen molar-refractivity contribution in [3.63, 3.8) is 0 Å². The first-order valence-corrected chi connectivity index (χ1v) is 5.96. The molecule has 3 atom stereocenters. The average molecular weight is 244 g/mol. The molecule has 6 heteroatoms. The molecule has 1 rings (SSSR count). The molecule has 17 heavy (non-hydrogen) atoms. The zero-order valence-corrected chi connectivity index (χ0v) is 10.0. The van der Waals surface area contributed by atoms with E-state index in [1.54, 1.807) is 0 Å². The molecule has 0 aromatic heterocycles. The van der Waals surface area contributed by atoms with Gasteiger partial charge < -0.3 is 20.9 Å². The van der Waals surface area contributed by atoms with Crippen molar-refractivity contribution >= 4 is 11.9 Å². The van der Waals surface area contributed by atoms with Crippen molar-refractivity contribution in [3.05, 3.63) is 0 Å². The lowest BCUT2D eigenvalue weighted by Gasteiger charge is -2.15. The molecule has 1 aliphatic heterocycles. The average Bonchev–Trinajstić information content (AvgIpc) is 2.75. The number of hydrogen-bond acceptors (Lipinski definition) is 4. The summed E-state index contributed by atoms with van der Waals surface area (Å²) in [4.78, 5) is 22.1. The fraction of sp³-hybridized carbons (Fsp3) is 0.818. The molecule has 6 nitrogen and oxygen atoms in total. The molecule has 1 amide bonds. The second-order valence-corrected chi connectivity index (χ2v) is 4.30. The van der Waals surface area contributed by atoms with Gasteiger partial charge in [0.05, 0.1) is 12.1 Å². The number of carbonyl (C=O) groups is 2. The van der Waals surface area contributed by atoms with Gasteiger partial charge in [-0.1, -0.05) is 13.3 Å². The number of nitrogens with one attached hydrogen (secondary N) is 1. The number of carbonyl (C=O) groups excluding carboxylic acids is 1. The van der Waals surface area contributed by atoms with Crippen LogP contribution < -0.4 is 11.1 Å². The van der Waals surface area contributed by atoms with E-state index in [1.807, 2.05) is 6.92 Å². The minimum Gasteiger partial charge on any atom is -0.479 e. The second-order valence-electron chi connectivity index (χ2n) is 4.30. The summed E-state index contributed by atoms with van der Waals surface area (Å²) in [6, 6.07) is -0.489. The standard InChI is InChI=1S/C11H20N2O4/c1-2-3-8(12)10(14)13-6-7-4-5-9(17-7)11(15)16/h7-9H,2-6,12H2,1H3,(H,13,14)(H,15,16)/t7?,8-,9?/m0/s1. The maximum atomic E-state index is 11.5. The van der Waals surface area contributed by atoms with Crippen LogP contribution >= 0.6 is 0 Å². The summed E-state index contributed by atoms with van der Waals surface area (Å²) in [6.07, 6.45) is 1.71. The quantitative estimate of drug-likeness (QED) is 0.603. The predicted octanol–water partition coefficient (Wildman–Crippen LogP) is -0.138. The Balaban J connectivity index is 2.23. The Morgan fingerprint density at radius 2 is 2.24 bits per heavy atom. The minimum atomic E-state index is -0.943. The summed E-state index contributed by atoms with van der Waals surface area (Å²) in [5.41, 5.74) is 5.64. The molecule has 0 radical (unpaired) electrons. The second kappa shape index (κ2) is 6.56. The molecule has 1 fully saturated rings. The van der Waals surface area contributed by atoms with E-state index in [0.717, 1.165) is 6.42 Å². The van der Waals surface area contributed by atoms with Gasteiger partial charge in [-0.15, -0.1) is 0 Å². The number of amides is 1. The normalized spacial score (nSPS) is 25.5. The van der Waals surface area contributed by atoms with Crippen LogP contribution in [0, 0.1) is 0 Å². The summed E-state index contributed by atoms with van der Waals surface area (Å²) in [7, 11) is 0. The first-order valence-electron chi connectivity index (χ1n) is 5.96. The van der Waals surface area contributed by atoms with Crippen LogP contribution in [-0.2, 0) is 14.3 Å². The van der Waals surface area contributed by atoms with E-state index in [-0.39, 0.29) is 12.0 Å². The predicted molar refractivity (Wildman–Crippen MR) is 61.4 cm³/mol. The Labute approximate surface area is 101 Å². The minimum absolute atomic E-state index is 0.200. The third-order valence-electron chi connectivity index (χ3n) is 2.82. The van der Waals surface area contributed by atoms with E-state index in [9.17, 15) is 9.59 Å². The van der Waals surface area contributed by atoms with E-state index in [2.05, 4.69) is 5.32 Å². The van der Waals surface area contributed by atoms with Crippen molar-refractivity contribution in [2.24, 2.45) is 5.73 Å². The fourth-order valence-electron chi connectivity index (χ4n) is 1.83. The third-order valence-corrected chi connectivity index (χ3v) is 2.82. The molecule has 0 bridgehead atoms. The van der Waals surface area contributed by atoms with Crippen molar-refractivity contribution in [2.75, 3.05) is 6.54 Å². The monoisotopic (exact) mass is 244 g/mol. The number of carboxylic acid groups (broad SMARTS) is 1. The summed E-state index contributed by atoms with van der Waals surface area (Å²) < 4.78 is 5.26. The van der Waals surface area contributed by atoms with Gasteiger partial charge in [0.1, 0.15) is 0 Å². The molecule has 0 aliphatic carbocycles. The number of hydrogen-bond donors (Lipinski definition) is 3. The van der Waals surface area contributed by atoms with Gasteiger partial charge in [0, 0.05) is 6.54 Å². The zero-order valence-electron chi connectivity index (χ0n) is 10.0. The Kier molecular flexibility index (Phi) is 5.37. The Bertz CT molecular complexity index is 283. The van der Waals surface area contributed by atoms with E-state index < -0.39 is 18.1 Å². The topological polar surface area (TPSA) is 102 Å². The largest absolute Gasteiger partial charge is 0.479 e. The molecule has 98 valence electrons. The zero-order chi connectivity index (χ0) is 12.8. The van der Waals surface area contributed by atoms with Crippen molar-refractivity contribution in [2.45, 2.75) is 50.9 Å². The molecule has 0 aromatic carbocycles. The Hall–Kier alpha value is -1.14. The van der Waals surface area contributed by atoms with E-state index in [4.69, 9.17) is 15.6 Å². The molecule has 0 aromatic rings. The van der Waals surface area contributed by atoms with E-state index >= 15 is 0 Å². The van der Waals surface area contributed by atoms with Gasteiger partial charge >= 0.3 is 5.97 Å². The molecule has 1 heterocycles. The Morgan fingerprint density at radius 3 is 2.76 bits per heavy atom. The molecule has 4 N–H and O–H groups in total. The maximum Gasteiger partial charge on any atom is 0.332 e. The van der Waals surface area contributed by atoms with Crippen molar-refractivity contribution in [3.8, 4) is 0 Å². The van der Waals surface area contributed by atoms with Gasteiger partial charge in [0.15, 0.2) is 6.10 Å².